The van der Waals surface area contributed by atoms with Crippen molar-refractivity contribution >= 4 is 11.9 Å². The molecule has 0 radical (unpaired) electrons. The quantitative estimate of drug-likeness (QED) is 0.788. The van der Waals surface area contributed by atoms with E-state index in [1.807, 2.05) is 19.3 Å². The molecule has 2 rings (SSSR count). The molecule has 0 aliphatic carbocycles. The number of nitrogens with zero attached hydrogens (tertiary/aromatic N) is 2. The second kappa shape index (κ2) is 7.98. The minimum Gasteiger partial charge on any atom is -0.353 e. The lowest BCUT2D eigenvalue weighted by Gasteiger charge is -2.24. The van der Waals surface area contributed by atoms with Crippen LogP contribution < -0.4 is 10.6 Å². The third-order valence-corrected chi connectivity index (χ3v) is 4.10. The Morgan fingerprint density at radius 3 is 2.91 bits per heavy atom. The molecule has 3 amide bonds. The Morgan fingerprint density at radius 2 is 2.23 bits per heavy atom. The fraction of sp³-hybridized carbons (Fsp3) is 0.625. The van der Waals surface area contributed by atoms with Crippen molar-refractivity contribution < 1.29 is 9.59 Å². The van der Waals surface area contributed by atoms with Crippen LogP contribution in [0.25, 0.3) is 0 Å². The number of carbonyl (C=O) groups is 2. The molecule has 1 atom stereocenters. The smallest absolute Gasteiger partial charge is 0.321 e. The number of carbonyl (C=O) groups excluding carboxylic acids is 2. The van der Waals surface area contributed by atoms with Crippen LogP contribution >= 0.6 is 0 Å². The van der Waals surface area contributed by atoms with Gasteiger partial charge in [0.1, 0.15) is 0 Å². The summed E-state index contributed by atoms with van der Waals surface area (Å²) in [6.45, 7) is 3.81. The standard InChI is InChI=1S/C16H26N4O2/c1-3-4-9-17-16(22)18-15(21)12-20-11-6-8-14(20)13-7-5-10-19(13)2/h5,7,10,14H,3-4,6,8-9,11-12H2,1-2H3,(H2,17,18,21,22)/t14-/m0/s1. The average molecular weight is 306 g/mol. The zero-order valence-electron chi connectivity index (χ0n) is 13.5. The van der Waals surface area contributed by atoms with Crippen molar-refractivity contribution in [1.29, 1.82) is 0 Å². The van der Waals surface area contributed by atoms with E-state index in [1.54, 1.807) is 0 Å². The van der Waals surface area contributed by atoms with Gasteiger partial charge in [0.2, 0.25) is 5.91 Å². The van der Waals surface area contributed by atoms with Crippen molar-refractivity contribution in [2.45, 2.75) is 38.6 Å². The zero-order valence-corrected chi connectivity index (χ0v) is 13.5. The first kappa shape index (κ1) is 16.5. The Hall–Kier alpha value is -1.82. The maximum atomic E-state index is 12.0. The molecule has 2 N–H and O–H groups in total. The number of amides is 3. The number of imide groups is 1. The van der Waals surface area contributed by atoms with Gasteiger partial charge in [-0.15, -0.1) is 0 Å². The number of hydrogen-bond acceptors (Lipinski definition) is 3. The molecular formula is C16H26N4O2. The van der Waals surface area contributed by atoms with Crippen LogP contribution in [0.2, 0.25) is 0 Å². The summed E-state index contributed by atoms with van der Waals surface area (Å²) in [5, 5.41) is 5.10. The van der Waals surface area contributed by atoms with Crippen LogP contribution in [-0.4, -0.2) is 41.0 Å². The summed E-state index contributed by atoms with van der Waals surface area (Å²) < 4.78 is 2.10. The van der Waals surface area contributed by atoms with E-state index in [4.69, 9.17) is 0 Å². The number of urea groups is 1. The molecule has 6 nitrogen and oxygen atoms in total. The second-order valence-electron chi connectivity index (χ2n) is 5.83. The molecule has 0 spiro atoms. The van der Waals surface area contributed by atoms with Gasteiger partial charge in [0, 0.05) is 25.5 Å². The van der Waals surface area contributed by atoms with E-state index in [0.29, 0.717) is 6.54 Å². The van der Waals surface area contributed by atoms with Crippen LogP contribution in [0.5, 0.6) is 0 Å². The van der Waals surface area contributed by atoms with Gasteiger partial charge >= 0.3 is 6.03 Å². The Kier molecular flexibility index (Phi) is 6.00. The monoisotopic (exact) mass is 306 g/mol. The first-order valence-electron chi connectivity index (χ1n) is 8.04. The maximum Gasteiger partial charge on any atom is 0.321 e. The van der Waals surface area contributed by atoms with E-state index in [1.165, 1.54) is 5.69 Å². The maximum absolute atomic E-state index is 12.0. The minimum absolute atomic E-state index is 0.241. The second-order valence-corrected chi connectivity index (χ2v) is 5.83. The number of likely N-dealkylation sites (tertiary alicyclic amines) is 1. The van der Waals surface area contributed by atoms with Crippen LogP contribution in [0.15, 0.2) is 18.3 Å². The summed E-state index contributed by atoms with van der Waals surface area (Å²) in [4.78, 5) is 25.8. The summed E-state index contributed by atoms with van der Waals surface area (Å²) in [5.74, 6) is -0.241. The molecule has 0 unspecified atom stereocenters. The normalized spacial score (nSPS) is 18.4. The van der Waals surface area contributed by atoms with Gasteiger partial charge in [-0.3, -0.25) is 15.0 Å². The first-order chi connectivity index (χ1) is 10.6. The molecule has 1 aromatic heterocycles. The summed E-state index contributed by atoms with van der Waals surface area (Å²) in [5.41, 5.74) is 1.22. The van der Waals surface area contributed by atoms with Gasteiger partial charge in [-0.25, -0.2) is 4.79 Å². The van der Waals surface area contributed by atoms with Crippen molar-refractivity contribution in [3.8, 4) is 0 Å². The van der Waals surface area contributed by atoms with Gasteiger partial charge in [0.25, 0.3) is 0 Å². The lowest BCUT2D eigenvalue weighted by molar-refractivity contribution is -0.121. The predicted molar refractivity (Wildman–Crippen MR) is 85.4 cm³/mol. The lowest BCUT2D eigenvalue weighted by atomic mass is 10.1. The molecule has 0 aromatic carbocycles. The Labute approximate surface area is 131 Å². The Balaban J connectivity index is 1.83. The number of nitrogens with one attached hydrogen (secondary N) is 2. The summed E-state index contributed by atoms with van der Waals surface area (Å²) in [7, 11) is 2.02. The van der Waals surface area contributed by atoms with Gasteiger partial charge < -0.3 is 9.88 Å². The number of aryl methyl sites for hydroxylation is 1. The number of hydrogen-bond donors (Lipinski definition) is 2. The average Bonchev–Trinajstić information content (AvgIpc) is 3.07. The molecule has 0 bridgehead atoms. The van der Waals surface area contributed by atoms with Crippen LogP contribution in [0.4, 0.5) is 4.79 Å². The molecule has 1 saturated heterocycles. The summed E-state index contributed by atoms with van der Waals surface area (Å²) in [6.07, 6.45) is 6.08. The summed E-state index contributed by atoms with van der Waals surface area (Å²) >= 11 is 0. The molecular weight excluding hydrogens is 280 g/mol. The van der Waals surface area contributed by atoms with Gasteiger partial charge in [0.15, 0.2) is 0 Å². The van der Waals surface area contributed by atoms with Crippen molar-refractivity contribution in [2.75, 3.05) is 19.6 Å². The minimum atomic E-state index is -0.395. The molecule has 1 aliphatic rings. The van der Waals surface area contributed by atoms with Crippen molar-refractivity contribution in [2.24, 2.45) is 7.05 Å². The number of aromatic nitrogens is 1. The van der Waals surface area contributed by atoms with Crippen molar-refractivity contribution in [3.05, 3.63) is 24.0 Å². The highest BCUT2D eigenvalue weighted by atomic mass is 16.2. The molecule has 6 heteroatoms. The Bertz CT molecular complexity index is 512. The van der Waals surface area contributed by atoms with Crippen molar-refractivity contribution in [3.63, 3.8) is 0 Å². The van der Waals surface area contributed by atoms with E-state index in [-0.39, 0.29) is 18.5 Å². The lowest BCUT2D eigenvalue weighted by Crippen LogP contribution is -2.44. The van der Waals surface area contributed by atoms with Gasteiger partial charge in [-0.1, -0.05) is 13.3 Å². The van der Waals surface area contributed by atoms with E-state index >= 15 is 0 Å². The highest BCUT2D eigenvalue weighted by Gasteiger charge is 2.29. The molecule has 1 aromatic rings. The van der Waals surface area contributed by atoms with Gasteiger partial charge in [-0.05, 0) is 37.9 Å². The van der Waals surface area contributed by atoms with E-state index < -0.39 is 6.03 Å². The van der Waals surface area contributed by atoms with Gasteiger partial charge in [0.05, 0.1) is 12.6 Å². The number of unbranched alkanes of at least 4 members (excludes halogenated alkanes) is 1. The SMILES string of the molecule is CCCCNC(=O)NC(=O)CN1CCC[C@H]1c1cccn1C. The van der Waals surface area contributed by atoms with Crippen LogP contribution in [0.1, 0.15) is 44.3 Å². The van der Waals surface area contributed by atoms with Gasteiger partial charge in [-0.2, -0.15) is 0 Å². The fourth-order valence-electron chi connectivity index (χ4n) is 2.94. The molecule has 1 fully saturated rings. The topological polar surface area (TPSA) is 66.4 Å². The molecule has 22 heavy (non-hydrogen) atoms. The third-order valence-electron chi connectivity index (χ3n) is 4.10. The highest BCUT2D eigenvalue weighted by Crippen LogP contribution is 2.31. The predicted octanol–water partition coefficient (Wildman–Crippen LogP) is 1.79. The number of rotatable bonds is 6. The fourth-order valence-corrected chi connectivity index (χ4v) is 2.94. The van der Waals surface area contributed by atoms with Crippen LogP contribution in [-0.2, 0) is 11.8 Å². The molecule has 0 saturated carbocycles. The molecule has 1 aliphatic heterocycles. The van der Waals surface area contributed by atoms with Crippen LogP contribution in [0.3, 0.4) is 0 Å². The largest absolute Gasteiger partial charge is 0.353 e. The van der Waals surface area contributed by atoms with Crippen LogP contribution in [0, 0.1) is 0 Å². The van der Waals surface area contributed by atoms with Crippen molar-refractivity contribution in [1.82, 2.24) is 20.1 Å². The first-order valence-corrected chi connectivity index (χ1v) is 8.04. The Morgan fingerprint density at radius 1 is 1.41 bits per heavy atom. The molecule has 122 valence electrons. The van der Waals surface area contributed by atoms with E-state index in [2.05, 4.69) is 33.1 Å². The van der Waals surface area contributed by atoms with E-state index in [0.717, 1.165) is 32.2 Å². The third kappa shape index (κ3) is 4.34. The molecule has 2 heterocycles. The van der Waals surface area contributed by atoms with E-state index in [9.17, 15) is 9.59 Å². The summed E-state index contributed by atoms with van der Waals surface area (Å²) in [6, 6.07) is 3.98. The zero-order chi connectivity index (χ0) is 15.9. The highest BCUT2D eigenvalue weighted by molar-refractivity contribution is 5.95.